The van der Waals surface area contributed by atoms with Crippen LogP contribution in [0.3, 0.4) is 0 Å². The van der Waals surface area contributed by atoms with Gasteiger partial charge in [0.25, 0.3) is 0 Å². The Bertz CT molecular complexity index is 534. The fourth-order valence-corrected chi connectivity index (χ4v) is 4.52. The van der Waals surface area contributed by atoms with Crippen LogP contribution < -0.4 is 0 Å². The number of hydrogen-bond acceptors (Lipinski definition) is 3. The van der Waals surface area contributed by atoms with Crippen LogP contribution in [0.2, 0.25) is 0 Å². The molecular weight excluding hydrogens is 314 g/mol. The van der Waals surface area contributed by atoms with Crippen LogP contribution in [-0.4, -0.2) is 38.7 Å². The molecule has 0 bridgehead atoms. The summed E-state index contributed by atoms with van der Waals surface area (Å²) in [5, 5.41) is -0.233. The monoisotopic (exact) mass is 331 g/mol. The standard InChI is InChI=1S/C13H18BrNO2S/c1-10-3-4-12(9-13(10)14)18(16,17)11-5-7-15(2)8-6-11/h3-4,9,11H,5-8H2,1-2H3. The highest BCUT2D eigenvalue weighted by molar-refractivity contribution is 9.10. The molecular formula is C13H18BrNO2S. The van der Waals surface area contributed by atoms with Crippen LogP contribution in [0.25, 0.3) is 0 Å². The summed E-state index contributed by atoms with van der Waals surface area (Å²) in [4.78, 5) is 2.62. The summed E-state index contributed by atoms with van der Waals surface area (Å²) >= 11 is 3.40. The van der Waals surface area contributed by atoms with E-state index in [1.807, 2.05) is 20.0 Å². The molecule has 18 heavy (non-hydrogen) atoms. The third-order valence-corrected chi connectivity index (χ3v) is 6.69. The van der Waals surface area contributed by atoms with E-state index in [0.717, 1.165) is 36.0 Å². The minimum atomic E-state index is -3.18. The van der Waals surface area contributed by atoms with E-state index in [2.05, 4.69) is 20.8 Å². The van der Waals surface area contributed by atoms with Gasteiger partial charge in [0.15, 0.2) is 9.84 Å². The first-order valence-corrected chi connectivity index (χ1v) is 8.44. The van der Waals surface area contributed by atoms with Crippen molar-refractivity contribution in [3.05, 3.63) is 28.2 Å². The van der Waals surface area contributed by atoms with Crippen molar-refractivity contribution in [2.75, 3.05) is 20.1 Å². The van der Waals surface area contributed by atoms with E-state index in [-0.39, 0.29) is 5.25 Å². The average Bonchev–Trinajstić information content (AvgIpc) is 2.33. The maximum Gasteiger partial charge on any atom is 0.181 e. The van der Waals surface area contributed by atoms with E-state index in [0.29, 0.717) is 4.90 Å². The van der Waals surface area contributed by atoms with E-state index < -0.39 is 9.84 Å². The minimum absolute atomic E-state index is 0.233. The summed E-state index contributed by atoms with van der Waals surface area (Å²) < 4.78 is 25.9. The van der Waals surface area contributed by atoms with Gasteiger partial charge in [-0.05, 0) is 57.6 Å². The molecule has 100 valence electrons. The zero-order valence-electron chi connectivity index (χ0n) is 10.7. The quantitative estimate of drug-likeness (QED) is 0.836. The van der Waals surface area contributed by atoms with Gasteiger partial charge in [-0.25, -0.2) is 8.42 Å². The van der Waals surface area contributed by atoms with E-state index in [1.54, 1.807) is 12.1 Å². The summed E-state index contributed by atoms with van der Waals surface area (Å²) in [6, 6.07) is 5.29. The van der Waals surface area contributed by atoms with Gasteiger partial charge in [0.1, 0.15) is 0 Å². The molecule has 0 saturated carbocycles. The van der Waals surface area contributed by atoms with Gasteiger partial charge >= 0.3 is 0 Å². The number of likely N-dealkylation sites (tertiary alicyclic amines) is 1. The summed E-state index contributed by atoms with van der Waals surface area (Å²) in [5.41, 5.74) is 1.05. The van der Waals surface area contributed by atoms with Crippen molar-refractivity contribution in [3.8, 4) is 0 Å². The van der Waals surface area contributed by atoms with Gasteiger partial charge in [-0.2, -0.15) is 0 Å². The Morgan fingerprint density at radius 1 is 1.28 bits per heavy atom. The van der Waals surface area contributed by atoms with Crippen molar-refractivity contribution < 1.29 is 8.42 Å². The second-order valence-electron chi connectivity index (χ2n) is 4.96. The highest BCUT2D eigenvalue weighted by Crippen LogP contribution is 2.27. The van der Waals surface area contributed by atoms with Gasteiger partial charge in [-0.3, -0.25) is 0 Å². The fourth-order valence-electron chi connectivity index (χ4n) is 2.24. The van der Waals surface area contributed by atoms with Crippen molar-refractivity contribution in [2.24, 2.45) is 0 Å². The molecule has 0 aliphatic carbocycles. The maximum atomic E-state index is 12.5. The second kappa shape index (κ2) is 5.31. The van der Waals surface area contributed by atoms with Crippen LogP contribution in [0, 0.1) is 6.92 Å². The molecule has 1 aliphatic rings. The van der Waals surface area contributed by atoms with Crippen molar-refractivity contribution in [3.63, 3.8) is 0 Å². The van der Waals surface area contributed by atoms with Crippen molar-refractivity contribution in [1.82, 2.24) is 4.90 Å². The van der Waals surface area contributed by atoms with E-state index in [4.69, 9.17) is 0 Å². The lowest BCUT2D eigenvalue weighted by Crippen LogP contribution is -2.37. The Hall–Kier alpha value is -0.390. The molecule has 0 N–H and O–H groups in total. The summed E-state index contributed by atoms with van der Waals surface area (Å²) in [5.74, 6) is 0. The number of hydrogen-bond donors (Lipinski definition) is 0. The molecule has 2 rings (SSSR count). The van der Waals surface area contributed by atoms with Crippen molar-refractivity contribution >= 4 is 25.8 Å². The highest BCUT2D eigenvalue weighted by atomic mass is 79.9. The van der Waals surface area contributed by atoms with Crippen LogP contribution in [0.4, 0.5) is 0 Å². The Balaban J connectivity index is 2.27. The fraction of sp³-hybridized carbons (Fsp3) is 0.538. The molecule has 1 heterocycles. The first kappa shape index (κ1) is 14.0. The highest BCUT2D eigenvalue weighted by Gasteiger charge is 2.30. The largest absolute Gasteiger partial charge is 0.306 e. The normalized spacial score (nSPS) is 19.1. The predicted octanol–water partition coefficient (Wildman–Crippen LogP) is 2.63. The molecule has 1 saturated heterocycles. The molecule has 0 spiro atoms. The van der Waals surface area contributed by atoms with E-state index in [1.165, 1.54) is 0 Å². The Labute approximate surface area is 117 Å². The Kier molecular flexibility index (Phi) is 4.14. The summed E-state index contributed by atoms with van der Waals surface area (Å²) in [6.45, 7) is 3.67. The molecule has 0 radical (unpaired) electrons. The smallest absolute Gasteiger partial charge is 0.181 e. The number of benzene rings is 1. The van der Waals surface area contributed by atoms with E-state index >= 15 is 0 Å². The second-order valence-corrected chi connectivity index (χ2v) is 8.04. The van der Waals surface area contributed by atoms with Gasteiger partial charge in [-0.15, -0.1) is 0 Å². The number of aryl methyl sites for hydroxylation is 1. The van der Waals surface area contributed by atoms with Crippen LogP contribution >= 0.6 is 15.9 Å². The summed E-state index contributed by atoms with van der Waals surface area (Å²) in [6.07, 6.45) is 1.45. The molecule has 1 aromatic carbocycles. The van der Waals surface area contributed by atoms with Gasteiger partial charge in [-0.1, -0.05) is 22.0 Å². The topological polar surface area (TPSA) is 37.4 Å². The third-order valence-electron chi connectivity index (χ3n) is 3.58. The van der Waals surface area contributed by atoms with Crippen LogP contribution in [0.15, 0.2) is 27.6 Å². The molecule has 5 heteroatoms. The Morgan fingerprint density at radius 2 is 1.89 bits per heavy atom. The number of sulfone groups is 1. The minimum Gasteiger partial charge on any atom is -0.306 e. The molecule has 0 aromatic heterocycles. The van der Waals surface area contributed by atoms with Gasteiger partial charge in [0, 0.05) is 4.47 Å². The third kappa shape index (κ3) is 2.78. The molecule has 1 aliphatic heterocycles. The molecule has 3 nitrogen and oxygen atoms in total. The van der Waals surface area contributed by atoms with Gasteiger partial charge in [0.2, 0.25) is 0 Å². The summed E-state index contributed by atoms with van der Waals surface area (Å²) in [7, 11) is -1.15. The Morgan fingerprint density at radius 3 is 2.44 bits per heavy atom. The lowest BCUT2D eigenvalue weighted by Gasteiger charge is -2.28. The maximum absolute atomic E-state index is 12.5. The van der Waals surface area contributed by atoms with Crippen LogP contribution in [-0.2, 0) is 9.84 Å². The van der Waals surface area contributed by atoms with E-state index in [9.17, 15) is 8.42 Å². The molecule has 0 unspecified atom stereocenters. The number of nitrogens with zero attached hydrogens (tertiary/aromatic N) is 1. The van der Waals surface area contributed by atoms with Gasteiger partial charge in [0.05, 0.1) is 10.1 Å². The number of rotatable bonds is 2. The number of halogens is 1. The lowest BCUT2D eigenvalue weighted by molar-refractivity contribution is 0.277. The molecule has 1 aromatic rings. The van der Waals surface area contributed by atoms with Crippen molar-refractivity contribution in [1.29, 1.82) is 0 Å². The zero-order valence-corrected chi connectivity index (χ0v) is 13.1. The lowest BCUT2D eigenvalue weighted by atomic mass is 10.1. The van der Waals surface area contributed by atoms with Crippen molar-refractivity contribution in [2.45, 2.75) is 29.9 Å². The first-order chi connectivity index (χ1) is 8.41. The first-order valence-electron chi connectivity index (χ1n) is 6.10. The van der Waals surface area contributed by atoms with Crippen LogP contribution in [0.5, 0.6) is 0 Å². The average molecular weight is 332 g/mol. The molecule has 0 amide bonds. The number of piperidine rings is 1. The van der Waals surface area contributed by atoms with Gasteiger partial charge < -0.3 is 4.90 Å². The SMILES string of the molecule is Cc1ccc(S(=O)(=O)C2CCN(C)CC2)cc1Br. The van der Waals surface area contributed by atoms with Crippen LogP contribution in [0.1, 0.15) is 18.4 Å². The predicted molar refractivity (Wildman–Crippen MR) is 76.6 cm³/mol. The molecule has 1 fully saturated rings. The molecule has 0 atom stereocenters. The zero-order chi connectivity index (χ0) is 13.3.